The highest BCUT2D eigenvalue weighted by Gasteiger charge is 2.39. The molecule has 0 aromatic heterocycles. The summed E-state index contributed by atoms with van der Waals surface area (Å²) in [6.07, 6.45) is 1.19. The number of hydrogen-bond donors (Lipinski definition) is 5. The Morgan fingerprint density at radius 3 is 2.19 bits per heavy atom. The number of carboxylic acids is 2. The number of aliphatic carboxylic acids is 2. The van der Waals surface area contributed by atoms with E-state index < -0.39 is 54.3 Å². The van der Waals surface area contributed by atoms with Gasteiger partial charge in [0.25, 0.3) is 0 Å². The summed E-state index contributed by atoms with van der Waals surface area (Å²) in [6, 6.07) is -4.19. The standard InChI is InChI=1S/C21H36N4O7/c1-5-12(4)17(22)20(30)25-8-6-7-15(25)19(29)23-13(9-11(2)3)18(28)24-14(21(31)32)10-16(26)27/h11-15,17H,5-10,22H2,1-4H3,(H,23,29)(H,24,28)(H,26,27)(H,31,32). The van der Waals surface area contributed by atoms with Crippen molar-refractivity contribution in [3.63, 3.8) is 0 Å². The van der Waals surface area contributed by atoms with Crippen LogP contribution < -0.4 is 16.4 Å². The van der Waals surface area contributed by atoms with Crippen molar-refractivity contribution in [1.82, 2.24) is 15.5 Å². The highest BCUT2D eigenvalue weighted by molar-refractivity contribution is 5.95. The normalized spacial score (nSPS) is 19.7. The van der Waals surface area contributed by atoms with Gasteiger partial charge < -0.3 is 31.5 Å². The van der Waals surface area contributed by atoms with Crippen molar-refractivity contribution in [2.75, 3.05) is 6.54 Å². The first-order chi connectivity index (χ1) is 14.9. The maximum atomic E-state index is 13.0. The Labute approximate surface area is 188 Å². The van der Waals surface area contributed by atoms with Crippen molar-refractivity contribution in [2.45, 2.75) is 84.0 Å². The number of carboxylic acid groups (broad SMARTS) is 2. The molecular formula is C21H36N4O7. The predicted molar refractivity (Wildman–Crippen MR) is 115 cm³/mol. The van der Waals surface area contributed by atoms with Gasteiger partial charge in [-0.3, -0.25) is 19.2 Å². The van der Waals surface area contributed by atoms with Gasteiger partial charge in [-0.25, -0.2) is 4.79 Å². The minimum atomic E-state index is -1.62. The summed E-state index contributed by atoms with van der Waals surface area (Å²) in [4.78, 5) is 62.1. The van der Waals surface area contributed by atoms with Gasteiger partial charge in [0.2, 0.25) is 17.7 Å². The molecule has 5 atom stereocenters. The zero-order chi connectivity index (χ0) is 24.6. The SMILES string of the molecule is CCC(C)C(N)C(=O)N1CCCC1C(=O)NC(CC(C)C)C(=O)NC(CC(=O)O)C(=O)O. The van der Waals surface area contributed by atoms with Crippen LogP contribution >= 0.6 is 0 Å². The number of nitrogens with one attached hydrogen (secondary N) is 2. The molecule has 0 aromatic carbocycles. The van der Waals surface area contributed by atoms with E-state index in [4.69, 9.17) is 10.8 Å². The molecule has 0 saturated carbocycles. The summed E-state index contributed by atoms with van der Waals surface area (Å²) < 4.78 is 0. The molecule has 1 aliphatic rings. The van der Waals surface area contributed by atoms with Crippen LogP contribution in [0.4, 0.5) is 0 Å². The Morgan fingerprint density at radius 2 is 1.69 bits per heavy atom. The van der Waals surface area contributed by atoms with Crippen LogP contribution in [-0.4, -0.2) is 75.5 Å². The van der Waals surface area contributed by atoms with Crippen molar-refractivity contribution in [1.29, 1.82) is 0 Å². The Balaban J connectivity index is 2.94. The molecule has 6 N–H and O–H groups in total. The first-order valence-corrected chi connectivity index (χ1v) is 11.0. The lowest BCUT2D eigenvalue weighted by Gasteiger charge is -2.30. The number of rotatable bonds is 12. The van der Waals surface area contributed by atoms with Crippen molar-refractivity contribution >= 4 is 29.7 Å². The van der Waals surface area contributed by atoms with Crippen LogP contribution in [0.5, 0.6) is 0 Å². The summed E-state index contributed by atoms with van der Waals surface area (Å²) in [5, 5.41) is 22.9. The molecular weight excluding hydrogens is 420 g/mol. The van der Waals surface area contributed by atoms with Gasteiger partial charge in [0.15, 0.2) is 0 Å². The maximum Gasteiger partial charge on any atom is 0.326 e. The fraction of sp³-hybridized carbons (Fsp3) is 0.762. The molecule has 32 heavy (non-hydrogen) atoms. The van der Waals surface area contributed by atoms with E-state index in [1.807, 2.05) is 27.7 Å². The number of likely N-dealkylation sites (tertiary alicyclic amines) is 1. The molecule has 1 aliphatic heterocycles. The van der Waals surface area contributed by atoms with Crippen LogP contribution in [-0.2, 0) is 24.0 Å². The molecule has 0 bridgehead atoms. The first kappa shape index (κ1) is 27.3. The van der Waals surface area contributed by atoms with Crippen LogP contribution in [0.3, 0.4) is 0 Å². The van der Waals surface area contributed by atoms with Gasteiger partial charge in [-0.05, 0) is 31.1 Å². The highest BCUT2D eigenvalue weighted by atomic mass is 16.4. The lowest BCUT2D eigenvalue weighted by Crippen LogP contribution is -2.57. The lowest BCUT2D eigenvalue weighted by molar-refractivity contribution is -0.147. The second kappa shape index (κ2) is 12.4. The van der Waals surface area contributed by atoms with Crippen molar-refractivity contribution in [3.05, 3.63) is 0 Å². The molecule has 1 saturated heterocycles. The van der Waals surface area contributed by atoms with E-state index in [2.05, 4.69) is 10.6 Å². The minimum Gasteiger partial charge on any atom is -0.481 e. The molecule has 1 rings (SSSR count). The van der Waals surface area contributed by atoms with Gasteiger partial charge in [-0.15, -0.1) is 0 Å². The van der Waals surface area contributed by atoms with Crippen molar-refractivity contribution in [3.8, 4) is 0 Å². The fourth-order valence-corrected chi connectivity index (χ4v) is 3.61. The molecule has 1 heterocycles. The molecule has 11 nitrogen and oxygen atoms in total. The quantitative estimate of drug-likeness (QED) is 0.270. The van der Waals surface area contributed by atoms with Gasteiger partial charge in [0, 0.05) is 6.54 Å². The minimum absolute atomic E-state index is 0.0195. The number of hydrogen-bond acceptors (Lipinski definition) is 6. The van der Waals surface area contributed by atoms with Crippen LogP contribution in [0.25, 0.3) is 0 Å². The van der Waals surface area contributed by atoms with Gasteiger partial charge in [0.1, 0.15) is 18.1 Å². The Hall–Kier alpha value is -2.69. The number of carbonyl (C=O) groups excluding carboxylic acids is 3. The summed E-state index contributed by atoms with van der Waals surface area (Å²) >= 11 is 0. The second-order valence-corrected chi connectivity index (χ2v) is 8.79. The smallest absolute Gasteiger partial charge is 0.326 e. The molecule has 0 spiro atoms. The average molecular weight is 457 g/mol. The molecule has 182 valence electrons. The van der Waals surface area contributed by atoms with Crippen LogP contribution in [0, 0.1) is 11.8 Å². The molecule has 11 heteroatoms. The molecule has 1 fully saturated rings. The highest BCUT2D eigenvalue weighted by Crippen LogP contribution is 2.21. The van der Waals surface area contributed by atoms with E-state index in [-0.39, 0.29) is 24.2 Å². The zero-order valence-electron chi connectivity index (χ0n) is 19.2. The van der Waals surface area contributed by atoms with Crippen LogP contribution in [0.1, 0.15) is 59.8 Å². The number of carbonyl (C=O) groups is 5. The first-order valence-electron chi connectivity index (χ1n) is 11.0. The Morgan fingerprint density at radius 1 is 1.06 bits per heavy atom. The van der Waals surface area contributed by atoms with Gasteiger partial charge in [-0.2, -0.15) is 0 Å². The monoisotopic (exact) mass is 456 g/mol. The average Bonchev–Trinajstić information content (AvgIpc) is 3.20. The molecule has 3 amide bonds. The molecule has 0 radical (unpaired) electrons. The van der Waals surface area contributed by atoms with E-state index >= 15 is 0 Å². The second-order valence-electron chi connectivity index (χ2n) is 8.79. The summed E-state index contributed by atoms with van der Waals surface area (Å²) in [6.45, 7) is 7.84. The third kappa shape index (κ3) is 7.77. The van der Waals surface area contributed by atoms with Crippen LogP contribution in [0.2, 0.25) is 0 Å². The summed E-state index contributed by atoms with van der Waals surface area (Å²) in [7, 11) is 0. The maximum absolute atomic E-state index is 13.0. The van der Waals surface area contributed by atoms with E-state index in [1.54, 1.807) is 0 Å². The lowest BCUT2D eigenvalue weighted by atomic mass is 9.98. The van der Waals surface area contributed by atoms with E-state index in [0.29, 0.717) is 19.4 Å². The van der Waals surface area contributed by atoms with E-state index in [0.717, 1.165) is 6.42 Å². The van der Waals surface area contributed by atoms with Crippen molar-refractivity contribution in [2.24, 2.45) is 17.6 Å². The molecule has 0 aromatic rings. The zero-order valence-corrected chi connectivity index (χ0v) is 19.2. The topological polar surface area (TPSA) is 179 Å². The van der Waals surface area contributed by atoms with Gasteiger partial charge >= 0.3 is 11.9 Å². The largest absolute Gasteiger partial charge is 0.481 e. The number of nitrogens with two attached hydrogens (primary N) is 1. The third-order valence-corrected chi connectivity index (χ3v) is 5.71. The van der Waals surface area contributed by atoms with E-state index in [1.165, 1.54) is 4.90 Å². The molecule has 0 aliphatic carbocycles. The Kier molecular flexibility index (Phi) is 10.6. The van der Waals surface area contributed by atoms with Gasteiger partial charge in [-0.1, -0.05) is 34.1 Å². The van der Waals surface area contributed by atoms with Gasteiger partial charge in [0.05, 0.1) is 12.5 Å². The van der Waals surface area contributed by atoms with E-state index in [9.17, 15) is 29.1 Å². The summed E-state index contributed by atoms with van der Waals surface area (Å²) in [5.74, 6) is -4.54. The fourth-order valence-electron chi connectivity index (χ4n) is 3.61. The van der Waals surface area contributed by atoms with Crippen molar-refractivity contribution < 1.29 is 34.2 Å². The number of amides is 3. The van der Waals surface area contributed by atoms with Crippen LogP contribution in [0.15, 0.2) is 0 Å². The summed E-state index contributed by atoms with van der Waals surface area (Å²) in [5.41, 5.74) is 6.06. The third-order valence-electron chi connectivity index (χ3n) is 5.71. The Bertz CT molecular complexity index is 712. The predicted octanol–water partition coefficient (Wildman–Crippen LogP) is -0.0742. The number of nitrogens with zero attached hydrogens (tertiary/aromatic N) is 1. The molecule has 5 unspecified atom stereocenters.